The molecular formula is C30H30ClN5O2. The number of methoxy groups -OCH3 is 1. The second-order valence-electron chi connectivity index (χ2n) is 9.21. The number of halogens is 1. The third-order valence-corrected chi connectivity index (χ3v) is 6.99. The van der Waals surface area contributed by atoms with Crippen LogP contribution in [0, 0.1) is 6.92 Å². The average molecular weight is 528 g/mol. The first-order chi connectivity index (χ1) is 18.5. The monoisotopic (exact) mass is 527 g/mol. The van der Waals surface area contributed by atoms with Gasteiger partial charge in [0.2, 0.25) is 0 Å². The largest absolute Gasteiger partial charge is 0.495 e. The Morgan fingerprint density at radius 1 is 0.921 bits per heavy atom. The fourth-order valence-corrected chi connectivity index (χ4v) is 4.77. The summed E-state index contributed by atoms with van der Waals surface area (Å²) < 4.78 is 5.37. The third-order valence-electron chi connectivity index (χ3n) is 6.73. The first kappa shape index (κ1) is 25.5. The SMILES string of the molecule is COc1ccccc1NC(=O)N1CCN(c2nc(-c3ccc(Cl)cc3)nc(C)c2Cc2ccccc2)CC1. The summed E-state index contributed by atoms with van der Waals surface area (Å²) in [5.41, 5.74) is 4.82. The number of ether oxygens (including phenoxy) is 1. The van der Waals surface area contributed by atoms with Crippen LogP contribution in [0.4, 0.5) is 16.3 Å². The molecule has 0 aliphatic carbocycles. The van der Waals surface area contributed by atoms with Gasteiger partial charge in [0, 0.05) is 54.4 Å². The topological polar surface area (TPSA) is 70.6 Å². The molecule has 0 radical (unpaired) electrons. The highest BCUT2D eigenvalue weighted by atomic mass is 35.5. The summed E-state index contributed by atoms with van der Waals surface area (Å²) in [4.78, 5) is 27.0. The van der Waals surface area contributed by atoms with Gasteiger partial charge in [0.05, 0.1) is 12.8 Å². The number of benzene rings is 3. The molecule has 2 amide bonds. The number of hydrogen-bond acceptors (Lipinski definition) is 5. The van der Waals surface area contributed by atoms with Crippen molar-refractivity contribution in [2.75, 3.05) is 43.5 Å². The van der Waals surface area contributed by atoms with Gasteiger partial charge >= 0.3 is 6.03 Å². The molecule has 1 fully saturated rings. The molecule has 0 saturated carbocycles. The summed E-state index contributed by atoms with van der Waals surface area (Å²) in [6.45, 7) is 4.52. The van der Waals surface area contributed by atoms with E-state index in [0.29, 0.717) is 48.5 Å². The second-order valence-corrected chi connectivity index (χ2v) is 9.65. The number of carbonyl (C=O) groups is 1. The van der Waals surface area contributed by atoms with E-state index in [1.807, 2.05) is 78.6 Å². The molecule has 4 aromatic rings. The first-order valence-corrected chi connectivity index (χ1v) is 13.0. The Bertz CT molecular complexity index is 1400. The van der Waals surface area contributed by atoms with Gasteiger partial charge in [0.1, 0.15) is 11.6 Å². The van der Waals surface area contributed by atoms with Crippen LogP contribution in [0.2, 0.25) is 5.02 Å². The highest BCUT2D eigenvalue weighted by Gasteiger charge is 2.26. The smallest absolute Gasteiger partial charge is 0.322 e. The van der Waals surface area contributed by atoms with E-state index in [-0.39, 0.29) is 6.03 Å². The van der Waals surface area contributed by atoms with Crippen LogP contribution in [0.3, 0.4) is 0 Å². The van der Waals surface area contributed by atoms with Gasteiger partial charge in [0.25, 0.3) is 0 Å². The quantitative estimate of drug-likeness (QED) is 0.330. The Kier molecular flexibility index (Phi) is 7.75. The Morgan fingerprint density at radius 2 is 1.61 bits per heavy atom. The molecule has 5 rings (SSSR count). The van der Waals surface area contributed by atoms with Gasteiger partial charge in [-0.1, -0.05) is 54.1 Å². The number of urea groups is 1. The van der Waals surface area contributed by atoms with Crippen LogP contribution in [0.5, 0.6) is 5.75 Å². The molecule has 3 aromatic carbocycles. The van der Waals surface area contributed by atoms with E-state index < -0.39 is 0 Å². The minimum Gasteiger partial charge on any atom is -0.495 e. The predicted octanol–water partition coefficient (Wildman–Crippen LogP) is 6.06. The highest BCUT2D eigenvalue weighted by Crippen LogP contribution is 2.29. The molecule has 1 aliphatic rings. The van der Waals surface area contributed by atoms with E-state index in [1.54, 1.807) is 7.11 Å². The van der Waals surface area contributed by atoms with E-state index >= 15 is 0 Å². The molecule has 0 spiro atoms. The minimum absolute atomic E-state index is 0.139. The number of aromatic nitrogens is 2. The van der Waals surface area contributed by atoms with Gasteiger partial charge in [-0.25, -0.2) is 14.8 Å². The van der Waals surface area contributed by atoms with Gasteiger partial charge in [-0.2, -0.15) is 0 Å². The summed E-state index contributed by atoms with van der Waals surface area (Å²) in [7, 11) is 1.60. The maximum absolute atomic E-state index is 13.0. The lowest BCUT2D eigenvalue weighted by atomic mass is 10.0. The van der Waals surface area contributed by atoms with E-state index in [9.17, 15) is 4.79 Å². The second kappa shape index (κ2) is 11.5. The summed E-state index contributed by atoms with van der Waals surface area (Å²) >= 11 is 6.11. The number of nitrogens with one attached hydrogen (secondary N) is 1. The Labute approximate surface area is 228 Å². The summed E-state index contributed by atoms with van der Waals surface area (Å²) in [6.07, 6.45) is 0.734. The van der Waals surface area contributed by atoms with Crippen molar-refractivity contribution in [1.29, 1.82) is 0 Å². The highest BCUT2D eigenvalue weighted by molar-refractivity contribution is 6.30. The third kappa shape index (κ3) is 5.73. The van der Waals surface area contributed by atoms with Crippen LogP contribution < -0.4 is 15.0 Å². The lowest BCUT2D eigenvalue weighted by Crippen LogP contribution is -2.50. The van der Waals surface area contributed by atoms with Gasteiger partial charge in [-0.15, -0.1) is 0 Å². The maximum Gasteiger partial charge on any atom is 0.322 e. The van der Waals surface area contributed by atoms with Crippen LogP contribution >= 0.6 is 11.6 Å². The number of nitrogens with zero attached hydrogens (tertiary/aromatic N) is 4. The Morgan fingerprint density at radius 3 is 2.32 bits per heavy atom. The lowest BCUT2D eigenvalue weighted by molar-refractivity contribution is 0.208. The van der Waals surface area contributed by atoms with E-state index in [4.69, 9.17) is 26.3 Å². The maximum atomic E-state index is 13.0. The molecule has 0 unspecified atom stereocenters. The zero-order chi connectivity index (χ0) is 26.5. The molecule has 1 saturated heterocycles. The minimum atomic E-state index is -0.139. The van der Waals surface area contributed by atoms with Gasteiger partial charge < -0.3 is 19.9 Å². The van der Waals surface area contributed by atoms with Crippen LogP contribution in [-0.4, -0.2) is 54.2 Å². The van der Waals surface area contributed by atoms with Crippen molar-refractivity contribution in [1.82, 2.24) is 14.9 Å². The fraction of sp³-hybridized carbons (Fsp3) is 0.233. The molecule has 8 heteroatoms. The number of carbonyl (C=O) groups excluding carboxylic acids is 1. The van der Waals surface area contributed by atoms with Crippen LogP contribution in [-0.2, 0) is 6.42 Å². The molecule has 1 aliphatic heterocycles. The number of amides is 2. The lowest BCUT2D eigenvalue weighted by Gasteiger charge is -2.36. The number of para-hydroxylation sites is 2. The van der Waals surface area contributed by atoms with Crippen molar-refractivity contribution in [3.63, 3.8) is 0 Å². The fourth-order valence-electron chi connectivity index (χ4n) is 4.64. The first-order valence-electron chi connectivity index (χ1n) is 12.6. The molecule has 1 aromatic heterocycles. The predicted molar refractivity (Wildman–Crippen MR) is 152 cm³/mol. The number of hydrogen-bond donors (Lipinski definition) is 1. The van der Waals surface area contributed by atoms with E-state index in [1.165, 1.54) is 5.56 Å². The molecule has 38 heavy (non-hydrogen) atoms. The standard InChI is InChI=1S/C30H30ClN5O2/c1-21-25(20-22-8-4-3-5-9-22)29(34-28(32-21)23-12-14-24(31)15-13-23)35-16-18-36(19-17-35)30(37)33-26-10-6-7-11-27(26)38-2/h3-15H,16-20H2,1-2H3,(H,33,37). The number of aryl methyl sites for hydroxylation is 1. The van der Waals surface area contributed by atoms with Crippen LogP contribution in [0.15, 0.2) is 78.9 Å². The zero-order valence-electron chi connectivity index (χ0n) is 21.5. The molecule has 7 nitrogen and oxygen atoms in total. The van der Waals surface area contributed by atoms with Crippen LogP contribution in [0.1, 0.15) is 16.8 Å². The van der Waals surface area contributed by atoms with Crippen molar-refractivity contribution in [3.8, 4) is 17.1 Å². The van der Waals surface area contributed by atoms with E-state index in [2.05, 4.69) is 22.3 Å². The summed E-state index contributed by atoms with van der Waals surface area (Å²) in [5.74, 6) is 2.22. The Hall–Kier alpha value is -4.10. The van der Waals surface area contributed by atoms with Crippen molar-refractivity contribution in [2.45, 2.75) is 13.3 Å². The van der Waals surface area contributed by atoms with Crippen molar-refractivity contribution in [3.05, 3.63) is 101 Å². The number of rotatable bonds is 6. The molecular weight excluding hydrogens is 498 g/mol. The molecule has 0 bridgehead atoms. The van der Waals surface area contributed by atoms with Crippen molar-refractivity contribution in [2.24, 2.45) is 0 Å². The normalized spacial score (nSPS) is 13.3. The van der Waals surface area contributed by atoms with Gasteiger partial charge in [-0.05, 0) is 48.9 Å². The number of piperazine rings is 1. The Balaban J connectivity index is 1.39. The van der Waals surface area contributed by atoms with Crippen molar-refractivity contribution < 1.29 is 9.53 Å². The molecule has 0 atom stereocenters. The zero-order valence-corrected chi connectivity index (χ0v) is 22.3. The summed E-state index contributed by atoms with van der Waals surface area (Å²) in [5, 5.41) is 3.66. The average Bonchev–Trinajstić information content (AvgIpc) is 2.95. The molecule has 2 heterocycles. The van der Waals surface area contributed by atoms with Gasteiger partial charge in [-0.3, -0.25) is 0 Å². The molecule has 1 N–H and O–H groups in total. The molecule has 194 valence electrons. The van der Waals surface area contributed by atoms with Gasteiger partial charge in [0.15, 0.2) is 5.82 Å². The van der Waals surface area contributed by atoms with E-state index in [0.717, 1.165) is 29.1 Å². The van der Waals surface area contributed by atoms with Crippen LogP contribution in [0.25, 0.3) is 11.4 Å². The number of anilines is 2. The summed E-state index contributed by atoms with van der Waals surface area (Å²) in [6, 6.07) is 25.2. The van der Waals surface area contributed by atoms with Crippen molar-refractivity contribution >= 4 is 29.1 Å².